The van der Waals surface area contributed by atoms with Gasteiger partial charge in [-0.3, -0.25) is 0 Å². The molecule has 2 fully saturated rings. The van der Waals surface area contributed by atoms with Gasteiger partial charge in [-0.25, -0.2) is 0 Å². The lowest BCUT2D eigenvalue weighted by Crippen LogP contribution is -2.29. The van der Waals surface area contributed by atoms with E-state index < -0.39 is 11.7 Å². The van der Waals surface area contributed by atoms with Crippen LogP contribution in [-0.4, -0.2) is 10.1 Å². The van der Waals surface area contributed by atoms with Crippen LogP contribution in [0.4, 0.5) is 0 Å². The predicted octanol–water partition coefficient (Wildman–Crippen LogP) is 5.34. The molecule has 1 spiro atoms. The van der Waals surface area contributed by atoms with E-state index in [4.69, 9.17) is 4.74 Å². The summed E-state index contributed by atoms with van der Waals surface area (Å²) in [6.45, 7) is 4.33. The molecular weight excluding hydrogens is 395 g/mol. The largest absolute Gasteiger partial charge is 0.345 e. The van der Waals surface area contributed by atoms with Gasteiger partial charge in [0.15, 0.2) is 11.7 Å². The van der Waals surface area contributed by atoms with Gasteiger partial charge in [0.1, 0.15) is 5.60 Å². The Morgan fingerprint density at radius 3 is 1.88 bits per heavy atom. The van der Waals surface area contributed by atoms with Crippen LogP contribution in [0.2, 0.25) is 0 Å². The molecule has 1 aliphatic heterocycles. The molecule has 1 aliphatic carbocycles. The molecule has 0 amide bonds. The minimum atomic E-state index is -3.03. The molecule has 2 aliphatic rings. The molecule has 2 aromatic rings. The van der Waals surface area contributed by atoms with E-state index in [0.717, 1.165) is 36.3 Å². The summed E-state index contributed by atoms with van der Waals surface area (Å²) in [6, 6.07) is 19.4. The Morgan fingerprint density at radius 1 is 0.920 bits per heavy atom. The standard InChI is InChI=1S/C21H22BrO2P/c1-17(21(22)20(24-21)15-9-4-10-16-20)25(23,18-11-5-2-6-12-18)19-13-7-3-8-14-19/h2-3,5-8,11-14H,1,4,9-10,15-16H2. The van der Waals surface area contributed by atoms with Gasteiger partial charge in [0.2, 0.25) is 0 Å². The number of alkyl halides is 1. The van der Waals surface area contributed by atoms with E-state index in [1.54, 1.807) is 0 Å². The maximum Gasteiger partial charge on any atom is 0.181 e. The molecule has 1 saturated carbocycles. The summed E-state index contributed by atoms with van der Waals surface area (Å²) in [7, 11) is -3.03. The average Bonchev–Trinajstić information content (AvgIpc) is 3.26. The molecule has 0 aromatic heterocycles. The predicted molar refractivity (Wildman–Crippen MR) is 107 cm³/mol. The first-order valence-corrected chi connectivity index (χ1v) is 11.3. The first kappa shape index (κ1) is 17.3. The maximum atomic E-state index is 14.4. The van der Waals surface area contributed by atoms with Gasteiger partial charge < -0.3 is 9.30 Å². The first-order valence-electron chi connectivity index (χ1n) is 8.83. The van der Waals surface area contributed by atoms with E-state index in [1.807, 2.05) is 60.7 Å². The van der Waals surface area contributed by atoms with Crippen LogP contribution in [0.5, 0.6) is 0 Å². The van der Waals surface area contributed by atoms with Crippen molar-refractivity contribution in [1.29, 1.82) is 0 Å². The van der Waals surface area contributed by atoms with Crippen molar-refractivity contribution in [2.45, 2.75) is 42.2 Å². The van der Waals surface area contributed by atoms with Crippen LogP contribution in [0.1, 0.15) is 32.1 Å². The number of epoxide rings is 1. The zero-order valence-corrected chi connectivity index (χ0v) is 16.6. The summed E-state index contributed by atoms with van der Waals surface area (Å²) in [5.41, 5.74) is -0.235. The lowest BCUT2D eigenvalue weighted by atomic mass is 9.86. The fourth-order valence-corrected chi connectivity index (χ4v) is 8.27. The number of rotatable bonds is 4. The molecule has 0 radical (unpaired) electrons. The monoisotopic (exact) mass is 416 g/mol. The van der Waals surface area contributed by atoms with E-state index in [2.05, 4.69) is 22.5 Å². The van der Waals surface area contributed by atoms with Crippen molar-refractivity contribution >= 4 is 33.7 Å². The lowest BCUT2D eigenvalue weighted by molar-refractivity contribution is 0.234. The van der Waals surface area contributed by atoms with Crippen molar-refractivity contribution in [3.63, 3.8) is 0 Å². The van der Waals surface area contributed by atoms with Gasteiger partial charge in [0.05, 0.1) is 0 Å². The zero-order valence-electron chi connectivity index (χ0n) is 14.2. The van der Waals surface area contributed by atoms with Crippen LogP contribution in [0.15, 0.2) is 72.6 Å². The number of hydrogen-bond donors (Lipinski definition) is 0. The Kier molecular flexibility index (Phi) is 4.30. The van der Waals surface area contributed by atoms with E-state index in [1.165, 1.54) is 6.42 Å². The maximum absolute atomic E-state index is 14.4. The highest BCUT2D eigenvalue weighted by Crippen LogP contribution is 2.71. The van der Waals surface area contributed by atoms with Gasteiger partial charge >= 0.3 is 0 Å². The van der Waals surface area contributed by atoms with Crippen LogP contribution in [0, 0.1) is 0 Å². The quantitative estimate of drug-likeness (QED) is 0.382. The molecule has 1 saturated heterocycles. The molecular formula is C21H22BrO2P. The molecule has 2 aromatic carbocycles. The number of ether oxygens (including phenoxy) is 1. The summed E-state index contributed by atoms with van der Waals surface area (Å²) in [5.74, 6) is 0. The Balaban J connectivity index is 1.80. The third-order valence-corrected chi connectivity index (χ3v) is 10.3. The summed E-state index contributed by atoms with van der Waals surface area (Å²) in [6.07, 6.45) is 5.56. The molecule has 2 nitrogen and oxygen atoms in total. The Bertz CT molecular complexity index is 784. The van der Waals surface area contributed by atoms with Gasteiger partial charge in [-0.1, -0.05) is 86.5 Å². The third-order valence-electron chi connectivity index (χ3n) is 5.53. The second-order valence-electron chi connectivity index (χ2n) is 6.98. The molecule has 4 rings (SSSR count). The highest BCUT2D eigenvalue weighted by Gasteiger charge is 2.72. The van der Waals surface area contributed by atoms with Crippen LogP contribution in [0.25, 0.3) is 0 Å². The van der Waals surface area contributed by atoms with E-state index >= 15 is 0 Å². The number of halogens is 1. The van der Waals surface area contributed by atoms with Crippen molar-refractivity contribution in [1.82, 2.24) is 0 Å². The van der Waals surface area contributed by atoms with Crippen molar-refractivity contribution in [2.75, 3.05) is 0 Å². The molecule has 130 valence electrons. The zero-order chi connectivity index (χ0) is 17.5. The minimum absolute atomic E-state index is 0.235. The lowest BCUT2D eigenvalue weighted by Gasteiger charge is -2.27. The van der Waals surface area contributed by atoms with E-state index in [9.17, 15) is 4.57 Å². The van der Waals surface area contributed by atoms with E-state index in [0.29, 0.717) is 5.31 Å². The summed E-state index contributed by atoms with van der Waals surface area (Å²) >= 11 is 3.81. The van der Waals surface area contributed by atoms with Crippen LogP contribution in [0.3, 0.4) is 0 Å². The van der Waals surface area contributed by atoms with Crippen molar-refractivity contribution in [3.8, 4) is 0 Å². The number of hydrogen-bond acceptors (Lipinski definition) is 2. The molecule has 25 heavy (non-hydrogen) atoms. The molecule has 1 heterocycles. The van der Waals surface area contributed by atoms with Gasteiger partial charge in [-0.2, -0.15) is 0 Å². The van der Waals surface area contributed by atoms with Crippen molar-refractivity contribution in [3.05, 3.63) is 72.6 Å². The Labute approximate surface area is 157 Å². The topological polar surface area (TPSA) is 29.6 Å². The Hall–Kier alpha value is -1.15. The second-order valence-corrected chi connectivity index (χ2v) is 10.9. The highest BCUT2D eigenvalue weighted by molar-refractivity contribution is 9.10. The molecule has 0 N–H and O–H groups in total. The van der Waals surface area contributed by atoms with Gasteiger partial charge in [0, 0.05) is 15.9 Å². The van der Waals surface area contributed by atoms with Crippen molar-refractivity contribution < 1.29 is 9.30 Å². The normalized spacial score (nSPS) is 24.8. The Morgan fingerprint density at radius 2 is 1.40 bits per heavy atom. The summed E-state index contributed by atoms with van der Waals surface area (Å²) < 4.78 is 20.0. The molecule has 4 heteroatoms. The van der Waals surface area contributed by atoms with Gasteiger partial charge in [-0.05, 0) is 28.8 Å². The SMILES string of the molecule is C=C(C1(Br)OC12CCCCC2)P(=O)(c1ccccc1)c1ccccc1. The molecule has 1 unspecified atom stereocenters. The fraction of sp³-hybridized carbons (Fsp3) is 0.333. The average molecular weight is 417 g/mol. The minimum Gasteiger partial charge on any atom is -0.345 e. The smallest absolute Gasteiger partial charge is 0.181 e. The summed E-state index contributed by atoms with van der Waals surface area (Å²) in [4.78, 5) is 0. The summed E-state index contributed by atoms with van der Waals surface area (Å²) in [5, 5.41) is 2.29. The molecule has 1 atom stereocenters. The van der Waals surface area contributed by atoms with E-state index in [-0.39, 0.29) is 5.60 Å². The third kappa shape index (κ3) is 2.60. The van der Waals surface area contributed by atoms with Crippen LogP contribution in [-0.2, 0) is 9.30 Å². The first-order chi connectivity index (χ1) is 12.0. The second kappa shape index (κ2) is 6.23. The van der Waals surface area contributed by atoms with Crippen molar-refractivity contribution in [2.24, 2.45) is 0 Å². The number of benzene rings is 2. The van der Waals surface area contributed by atoms with Crippen LogP contribution < -0.4 is 10.6 Å². The van der Waals surface area contributed by atoms with Gasteiger partial charge in [0.25, 0.3) is 0 Å². The van der Waals surface area contributed by atoms with Gasteiger partial charge in [-0.15, -0.1) is 0 Å². The van der Waals surface area contributed by atoms with Crippen LogP contribution >= 0.6 is 23.1 Å². The highest BCUT2D eigenvalue weighted by atomic mass is 79.9. The fourth-order valence-electron chi connectivity index (χ4n) is 4.05. The molecule has 0 bridgehead atoms.